The molecule has 0 aliphatic heterocycles. The fourth-order valence-corrected chi connectivity index (χ4v) is 2.20. The molecule has 16 heavy (non-hydrogen) atoms. The zero-order valence-corrected chi connectivity index (χ0v) is 9.48. The molecule has 86 valence electrons. The molecular formula is C13H18N2O. The topological polar surface area (TPSA) is 42.0 Å². The molecule has 0 spiro atoms. The van der Waals surface area contributed by atoms with Crippen LogP contribution in [0.4, 0.5) is 0 Å². The van der Waals surface area contributed by atoms with Gasteiger partial charge in [-0.1, -0.05) is 25.3 Å². The van der Waals surface area contributed by atoms with Crippen LogP contribution in [0.3, 0.4) is 0 Å². The van der Waals surface area contributed by atoms with Crippen molar-refractivity contribution in [1.82, 2.24) is 10.3 Å². The van der Waals surface area contributed by atoms with Gasteiger partial charge in [-0.3, -0.25) is 9.78 Å². The number of carbonyl (C=O) groups is 1. The first kappa shape index (κ1) is 11.1. The first-order valence-electron chi connectivity index (χ1n) is 6.03. The smallest absolute Gasteiger partial charge is 0.223 e. The standard InChI is InChI=1S/C13H18N2O/c16-13(12-6-2-1-3-7-12)15-10-11-5-4-8-14-9-11/h4-5,8-9,12H,1-3,6-7,10H2,(H,15,16). The zero-order chi connectivity index (χ0) is 11.2. The molecule has 1 aromatic heterocycles. The summed E-state index contributed by atoms with van der Waals surface area (Å²) in [6.45, 7) is 0.600. The van der Waals surface area contributed by atoms with Gasteiger partial charge in [0.05, 0.1) is 0 Å². The van der Waals surface area contributed by atoms with Gasteiger partial charge in [0.25, 0.3) is 0 Å². The highest BCUT2D eigenvalue weighted by Gasteiger charge is 2.20. The summed E-state index contributed by atoms with van der Waals surface area (Å²) in [7, 11) is 0. The Morgan fingerprint density at radius 1 is 1.38 bits per heavy atom. The molecule has 1 saturated carbocycles. The average molecular weight is 218 g/mol. The number of amides is 1. The van der Waals surface area contributed by atoms with E-state index >= 15 is 0 Å². The number of nitrogens with one attached hydrogen (secondary N) is 1. The predicted molar refractivity (Wildman–Crippen MR) is 62.7 cm³/mol. The highest BCUT2D eigenvalue weighted by Crippen LogP contribution is 2.23. The van der Waals surface area contributed by atoms with Gasteiger partial charge in [0, 0.05) is 24.9 Å². The molecule has 0 saturated heterocycles. The Bertz CT molecular complexity index is 331. The van der Waals surface area contributed by atoms with Crippen molar-refractivity contribution in [2.45, 2.75) is 38.6 Å². The lowest BCUT2D eigenvalue weighted by atomic mass is 9.88. The Balaban J connectivity index is 1.79. The molecule has 1 aliphatic rings. The largest absolute Gasteiger partial charge is 0.352 e. The second-order valence-electron chi connectivity index (χ2n) is 4.41. The maximum absolute atomic E-state index is 11.8. The van der Waals surface area contributed by atoms with Crippen LogP contribution in [0.5, 0.6) is 0 Å². The molecule has 0 bridgehead atoms. The number of carbonyl (C=O) groups excluding carboxylic acids is 1. The maximum Gasteiger partial charge on any atom is 0.223 e. The van der Waals surface area contributed by atoms with Gasteiger partial charge in [0.15, 0.2) is 0 Å². The van der Waals surface area contributed by atoms with Crippen molar-refractivity contribution in [3.63, 3.8) is 0 Å². The quantitative estimate of drug-likeness (QED) is 0.845. The van der Waals surface area contributed by atoms with E-state index in [1.54, 1.807) is 12.4 Å². The molecular weight excluding hydrogens is 200 g/mol. The van der Waals surface area contributed by atoms with Crippen LogP contribution in [0.25, 0.3) is 0 Å². The third kappa shape index (κ3) is 3.05. The van der Waals surface area contributed by atoms with Gasteiger partial charge in [0.1, 0.15) is 0 Å². The molecule has 1 heterocycles. The number of aromatic nitrogens is 1. The summed E-state index contributed by atoms with van der Waals surface area (Å²) in [5.41, 5.74) is 1.06. The van der Waals surface area contributed by atoms with E-state index < -0.39 is 0 Å². The number of nitrogens with zero attached hydrogens (tertiary/aromatic N) is 1. The lowest BCUT2D eigenvalue weighted by molar-refractivity contribution is -0.126. The highest BCUT2D eigenvalue weighted by atomic mass is 16.1. The van der Waals surface area contributed by atoms with Gasteiger partial charge >= 0.3 is 0 Å². The van der Waals surface area contributed by atoms with E-state index in [-0.39, 0.29) is 11.8 Å². The fourth-order valence-electron chi connectivity index (χ4n) is 2.20. The van der Waals surface area contributed by atoms with E-state index in [1.165, 1.54) is 19.3 Å². The Labute approximate surface area is 96.3 Å². The van der Waals surface area contributed by atoms with E-state index in [1.807, 2.05) is 12.1 Å². The van der Waals surface area contributed by atoms with Gasteiger partial charge < -0.3 is 5.32 Å². The Morgan fingerprint density at radius 3 is 2.88 bits per heavy atom. The number of hydrogen-bond donors (Lipinski definition) is 1. The summed E-state index contributed by atoms with van der Waals surface area (Å²) in [5, 5.41) is 2.99. The molecule has 0 atom stereocenters. The van der Waals surface area contributed by atoms with Crippen molar-refractivity contribution in [2.75, 3.05) is 0 Å². The second-order valence-corrected chi connectivity index (χ2v) is 4.41. The molecule has 3 nitrogen and oxygen atoms in total. The van der Waals surface area contributed by atoms with Crippen LogP contribution in [0.1, 0.15) is 37.7 Å². The first-order chi connectivity index (χ1) is 7.86. The zero-order valence-electron chi connectivity index (χ0n) is 9.48. The van der Waals surface area contributed by atoms with Crippen LogP contribution in [0.15, 0.2) is 24.5 Å². The molecule has 1 aromatic rings. The number of rotatable bonds is 3. The molecule has 3 heteroatoms. The van der Waals surface area contributed by atoms with Crippen LogP contribution >= 0.6 is 0 Å². The summed E-state index contributed by atoms with van der Waals surface area (Å²) >= 11 is 0. The molecule has 1 aliphatic carbocycles. The van der Waals surface area contributed by atoms with Crippen molar-refractivity contribution >= 4 is 5.91 Å². The fraction of sp³-hybridized carbons (Fsp3) is 0.538. The van der Waals surface area contributed by atoms with E-state index in [4.69, 9.17) is 0 Å². The second kappa shape index (κ2) is 5.64. The summed E-state index contributed by atoms with van der Waals surface area (Å²) in [6.07, 6.45) is 9.33. The molecule has 1 fully saturated rings. The monoisotopic (exact) mass is 218 g/mol. The van der Waals surface area contributed by atoms with Crippen molar-refractivity contribution in [1.29, 1.82) is 0 Å². The first-order valence-corrected chi connectivity index (χ1v) is 6.03. The minimum Gasteiger partial charge on any atom is -0.352 e. The van der Waals surface area contributed by atoms with Crippen LogP contribution < -0.4 is 5.32 Å². The predicted octanol–water partition coefficient (Wildman–Crippen LogP) is 2.28. The van der Waals surface area contributed by atoms with Crippen molar-refractivity contribution < 1.29 is 4.79 Å². The number of pyridine rings is 1. The minimum absolute atomic E-state index is 0.212. The van der Waals surface area contributed by atoms with E-state index in [0.717, 1.165) is 18.4 Å². The SMILES string of the molecule is O=C(NCc1cccnc1)C1CCCCC1. The van der Waals surface area contributed by atoms with Gasteiger partial charge in [-0.2, -0.15) is 0 Å². The minimum atomic E-state index is 0.212. The van der Waals surface area contributed by atoms with E-state index in [9.17, 15) is 4.79 Å². The summed E-state index contributed by atoms with van der Waals surface area (Å²) in [6, 6.07) is 3.87. The molecule has 1 N–H and O–H groups in total. The summed E-state index contributed by atoms with van der Waals surface area (Å²) in [4.78, 5) is 15.9. The van der Waals surface area contributed by atoms with E-state index in [0.29, 0.717) is 6.54 Å². The molecule has 0 radical (unpaired) electrons. The summed E-state index contributed by atoms with van der Waals surface area (Å²) < 4.78 is 0. The van der Waals surface area contributed by atoms with Crippen LogP contribution in [0.2, 0.25) is 0 Å². The van der Waals surface area contributed by atoms with Crippen LogP contribution in [-0.2, 0) is 11.3 Å². The van der Waals surface area contributed by atoms with E-state index in [2.05, 4.69) is 10.3 Å². The third-order valence-electron chi connectivity index (χ3n) is 3.17. The van der Waals surface area contributed by atoms with Gasteiger partial charge in [-0.25, -0.2) is 0 Å². The number of hydrogen-bond acceptors (Lipinski definition) is 2. The Hall–Kier alpha value is -1.38. The van der Waals surface area contributed by atoms with Gasteiger partial charge in [-0.15, -0.1) is 0 Å². The normalized spacial score (nSPS) is 17.0. The highest BCUT2D eigenvalue weighted by molar-refractivity contribution is 5.78. The maximum atomic E-state index is 11.8. The summed E-state index contributed by atoms with van der Waals surface area (Å²) in [5.74, 6) is 0.453. The van der Waals surface area contributed by atoms with Crippen LogP contribution in [0, 0.1) is 5.92 Å². The van der Waals surface area contributed by atoms with Crippen molar-refractivity contribution in [3.8, 4) is 0 Å². The van der Waals surface area contributed by atoms with Crippen molar-refractivity contribution in [3.05, 3.63) is 30.1 Å². The molecule has 2 rings (SSSR count). The van der Waals surface area contributed by atoms with Crippen molar-refractivity contribution in [2.24, 2.45) is 5.92 Å². The van der Waals surface area contributed by atoms with Gasteiger partial charge in [-0.05, 0) is 24.5 Å². The lowest BCUT2D eigenvalue weighted by Gasteiger charge is -2.20. The molecule has 1 amide bonds. The molecule has 0 aromatic carbocycles. The Kier molecular flexibility index (Phi) is 3.91. The van der Waals surface area contributed by atoms with Gasteiger partial charge in [0.2, 0.25) is 5.91 Å². The molecule has 0 unspecified atom stereocenters. The third-order valence-corrected chi connectivity index (χ3v) is 3.17. The van der Waals surface area contributed by atoms with Crippen LogP contribution in [-0.4, -0.2) is 10.9 Å². The average Bonchev–Trinajstić information content (AvgIpc) is 2.38. The Morgan fingerprint density at radius 2 is 2.19 bits per heavy atom. The lowest BCUT2D eigenvalue weighted by Crippen LogP contribution is -2.31.